The van der Waals surface area contributed by atoms with Gasteiger partial charge >= 0.3 is 5.97 Å². The fourth-order valence-corrected chi connectivity index (χ4v) is 2.09. The maximum absolute atomic E-state index is 11.0. The number of nitrogens with zero attached hydrogens (tertiary/aromatic N) is 3. The first-order valence-corrected chi connectivity index (χ1v) is 5.90. The largest absolute Gasteiger partial charge is 0.478 e. The van der Waals surface area contributed by atoms with Crippen LogP contribution in [0, 0.1) is 6.92 Å². The molecule has 1 aliphatic carbocycles. The van der Waals surface area contributed by atoms with Gasteiger partial charge < -0.3 is 5.11 Å². The van der Waals surface area contributed by atoms with Gasteiger partial charge in [-0.05, 0) is 37.5 Å². The van der Waals surface area contributed by atoms with Crippen LogP contribution in [0.2, 0.25) is 0 Å². The summed E-state index contributed by atoms with van der Waals surface area (Å²) in [6, 6.07) is 5.73. The quantitative estimate of drug-likeness (QED) is 0.898. The van der Waals surface area contributed by atoms with Gasteiger partial charge in [-0.2, -0.15) is 5.10 Å². The average molecular weight is 243 g/mol. The van der Waals surface area contributed by atoms with Crippen LogP contribution >= 0.6 is 0 Å². The summed E-state index contributed by atoms with van der Waals surface area (Å²) in [5, 5.41) is 13.2. The standard InChI is InChI=1S/C13H13N3O2/c1-8-6-9(2-5-11(8)13(17)18)12-14-7-15-16(12)10-3-4-10/h2,5-7,10H,3-4H2,1H3,(H,17,18). The molecule has 3 rings (SSSR count). The monoisotopic (exact) mass is 243 g/mol. The second kappa shape index (κ2) is 3.94. The molecule has 5 nitrogen and oxygen atoms in total. The highest BCUT2D eigenvalue weighted by atomic mass is 16.4. The molecule has 1 heterocycles. The van der Waals surface area contributed by atoms with E-state index in [4.69, 9.17) is 5.11 Å². The number of aromatic carboxylic acids is 1. The molecule has 1 fully saturated rings. The lowest BCUT2D eigenvalue weighted by atomic mass is 10.0. The van der Waals surface area contributed by atoms with Gasteiger partial charge in [-0.3, -0.25) is 0 Å². The average Bonchev–Trinajstić information content (AvgIpc) is 3.06. The Bertz CT molecular complexity index is 614. The first-order chi connectivity index (χ1) is 8.66. The van der Waals surface area contributed by atoms with Crippen molar-refractivity contribution in [3.05, 3.63) is 35.7 Å². The van der Waals surface area contributed by atoms with Crippen LogP contribution in [0.25, 0.3) is 11.4 Å². The van der Waals surface area contributed by atoms with Gasteiger partial charge in [0.1, 0.15) is 6.33 Å². The molecular formula is C13H13N3O2. The fraction of sp³-hybridized carbons (Fsp3) is 0.308. The molecule has 1 N–H and O–H groups in total. The topological polar surface area (TPSA) is 68.0 Å². The SMILES string of the molecule is Cc1cc(-c2ncnn2C2CC2)ccc1C(=O)O. The van der Waals surface area contributed by atoms with Crippen molar-refractivity contribution in [3.63, 3.8) is 0 Å². The van der Waals surface area contributed by atoms with E-state index in [-0.39, 0.29) is 0 Å². The Morgan fingerprint density at radius 1 is 1.44 bits per heavy atom. The van der Waals surface area contributed by atoms with E-state index in [0.717, 1.165) is 29.8 Å². The molecule has 1 aliphatic rings. The molecule has 0 atom stereocenters. The molecule has 1 aromatic heterocycles. The minimum absolute atomic E-state index is 0.330. The lowest BCUT2D eigenvalue weighted by Crippen LogP contribution is -2.02. The molecule has 1 saturated carbocycles. The summed E-state index contributed by atoms with van der Waals surface area (Å²) >= 11 is 0. The Balaban J connectivity index is 2.04. The molecular weight excluding hydrogens is 230 g/mol. The van der Waals surface area contributed by atoms with Crippen LogP contribution in [0.5, 0.6) is 0 Å². The van der Waals surface area contributed by atoms with E-state index in [1.807, 2.05) is 10.7 Å². The molecule has 2 aromatic rings. The smallest absolute Gasteiger partial charge is 0.335 e. The van der Waals surface area contributed by atoms with Gasteiger partial charge in [0, 0.05) is 5.56 Å². The van der Waals surface area contributed by atoms with Crippen molar-refractivity contribution in [2.45, 2.75) is 25.8 Å². The Hall–Kier alpha value is -2.17. The predicted molar refractivity (Wildman–Crippen MR) is 65.4 cm³/mol. The first-order valence-electron chi connectivity index (χ1n) is 5.90. The van der Waals surface area contributed by atoms with Crippen LogP contribution < -0.4 is 0 Å². The second-order valence-corrected chi connectivity index (χ2v) is 4.59. The molecule has 0 amide bonds. The number of hydrogen-bond acceptors (Lipinski definition) is 3. The minimum Gasteiger partial charge on any atom is -0.478 e. The highest BCUT2D eigenvalue weighted by Crippen LogP contribution is 2.37. The van der Waals surface area contributed by atoms with E-state index < -0.39 is 5.97 Å². The number of carboxylic acid groups (broad SMARTS) is 1. The molecule has 0 bridgehead atoms. The molecule has 0 radical (unpaired) electrons. The van der Waals surface area contributed by atoms with Gasteiger partial charge in [0.05, 0.1) is 11.6 Å². The maximum Gasteiger partial charge on any atom is 0.335 e. The summed E-state index contributed by atoms with van der Waals surface area (Å²) in [5.74, 6) is -0.0831. The summed E-state index contributed by atoms with van der Waals surface area (Å²) in [5.41, 5.74) is 1.99. The predicted octanol–water partition coefficient (Wildman–Crippen LogP) is 2.29. The Morgan fingerprint density at radius 3 is 2.83 bits per heavy atom. The molecule has 5 heteroatoms. The summed E-state index contributed by atoms with van der Waals surface area (Å²) in [4.78, 5) is 15.2. The van der Waals surface area contributed by atoms with Gasteiger partial charge in [0.15, 0.2) is 5.82 Å². The minimum atomic E-state index is -0.900. The van der Waals surface area contributed by atoms with Crippen molar-refractivity contribution in [1.29, 1.82) is 0 Å². The highest BCUT2D eigenvalue weighted by molar-refractivity contribution is 5.90. The van der Waals surface area contributed by atoms with Gasteiger partial charge in [-0.15, -0.1) is 0 Å². The third-order valence-corrected chi connectivity index (χ3v) is 3.18. The van der Waals surface area contributed by atoms with E-state index in [1.54, 1.807) is 25.4 Å². The second-order valence-electron chi connectivity index (χ2n) is 4.59. The number of carboxylic acids is 1. The van der Waals surface area contributed by atoms with Crippen molar-refractivity contribution < 1.29 is 9.90 Å². The van der Waals surface area contributed by atoms with Crippen molar-refractivity contribution in [2.75, 3.05) is 0 Å². The van der Waals surface area contributed by atoms with Gasteiger partial charge in [0.25, 0.3) is 0 Å². The summed E-state index contributed by atoms with van der Waals surface area (Å²) in [7, 11) is 0. The number of aryl methyl sites for hydroxylation is 1. The molecule has 0 saturated heterocycles. The van der Waals surface area contributed by atoms with Crippen molar-refractivity contribution >= 4 is 5.97 Å². The third-order valence-electron chi connectivity index (χ3n) is 3.18. The van der Waals surface area contributed by atoms with E-state index in [2.05, 4.69) is 10.1 Å². The Labute approximate surface area is 104 Å². The zero-order valence-electron chi connectivity index (χ0n) is 10.00. The lowest BCUT2D eigenvalue weighted by molar-refractivity contribution is 0.0696. The Morgan fingerprint density at radius 2 is 2.22 bits per heavy atom. The zero-order chi connectivity index (χ0) is 12.7. The van der Waals surface area contributed by atoms with Gasteiger partial charge in [-0.25, -0.2) is 14.5 Å². The molecule has 0 unspecified atom stereocenters. The molecule has 92 valence electrons. The number of rotatable bonds is 3. The first kappa shape index (κ1) is 11.0. The van der Waals surface area contributed by atoms with Crippen molar-refractivity contribution in [2.24, 2.45) is 0 Å². The van der Waals surface area contributed by atoms with Gasteiger partial charge in [0.2, 0.25) is 0 Å². The van der Waals surface area contributed by atoms with E-state index >= 15 is 0 Å². The van der Waals surface area contributed by atoms with Crippen LogP contribution in [-0.2, 0) is 0 Å². The fourth-order valence-electron chi connectivity index (χ4n) is 2.09. The Kier molecular flexibility index (Phi) is 2.40. The molecule has 0 aliphatic heterocycles. The van der Waals surface area contributed by atoms with Crippen LogP contribution in [-0.4, -0.2) is 25.8 Å². The number of benzene rings is 1. The lowest BCUT2D eigenvalue weighted by Gasteiger charge is -2.06. The van der Waals surface area contributed by atoms with Crippen LogP contribution in [0.1, 0.15) is 34.8 Å². The van der Waals surface area contributed by atoms with Crippen LogP contribution in [0.3, 0.4) is 0 Å². The highest BCUT2D eigenvalue weighted by Gasteiger charge is 2.27. The summed E-state index contributed by atoms with van der Waals surface area (Å²) in [6.45, 7) is 1.80. The molecule has 18 heavy (non-hydrogen) atoms. The maximum atomic E-state index is 11.0. The normalized spacial score (nSPS) is 14.7. The van der Waals surface area contributed by atoms with Crippen LogP contribution in [0.4, 0.5) is 0 Å². The zero-order valence-corrected chi connectivity index (χ0v) is 10.00. The van der Waals surface area contributed by atoms with Crippen molar-refractivity contribution in [3.8, 4) is 11.4 Å². The summed E-state index contributed by atoms with van der Waals surface area (Å²) < 4.78 is 1.93. The van der Waals surface area contributed by atoms with Gasteiger partial charge in [-0.1, -0.05) is 6.07 Å². The number of aromatic nitrogens is 3. The number of carbonyl (C=O) groups is 1. The molecule has 1 aromatic carbocycles. The van der Waals surface area contributed by atoms with Crippen molar-refractivity contribution in [1.82, 2.24) is 14.8 Å². The third kappa shape index (κ3) is 1.77. The van der Waals surface area contributed by atoms with Crippen LogP contribution in [0.15, 0.2) is 24.5 Å². The summed E-state index contributed by atoms with van der Waals surface area (Å²) in [6.07, 6.45) is 3.83. The van der Waals surface area contributed by atoms with E-state index in [0.29, 0.717) is 11.6 Å². The van der Waals surface area contributed by atoms with E-state index in [9.17, 15) is 4.79 Å². The van der Waals surface area contributed by atoms with E-state index in [1.165, 1.54) is 0 Å². The molecule has 0 spiro atoms. The number of hydrogen-bond donors (Lipinski definition) is 1.